The maximum Gasteiger partial charge on any atom is 0.268 e. The summed E-state index contributed by atoms with van der Waals surface area (Å²) in [5, 5.41) is 5.55. The summed E-state index contributed by atoms with van der Waals surface area (Å²) in [6.07, 6.45) is 0. The first kappa shape index (κ1) is 12.6. The van der Waals surface area contributed by atoms with Crippen molar-refractivity contribution in [3.63, 3.8) is 0 Å². The molecule has 0 aliphatic carbocycles. The van der Waals surface area contributed by atoms with Crippen LogP contribution in [0.15, 0.2) is 18.2 Å². The molecule has 0 aromatic heterocycles. The molecule has 5 heteroatoms. The van der Waals surface area contributed by atoms with E-state index in [2.05, 4.69) is 10.6 Å². The quantitative estimate of drug-likeness (QED) is 0.789. The van der Waals surface area contributed by atoms with E-state index in [1.54, 1.807) is 39.1 Å². The van der Waals surface area contributed by atoms with Crippen molar-refractivity contribution in [1.82, 2.24) is 5.32 Å². The number of ether oxygens (including phenoxy) is 1. The molecule has 0 atom stereocenters. The molecule has 5 nitrogen and oxygen atoms in total. The summed E-state index contributed by atoms with van der Waals surface area (Å²) in [5.74, 6) is 0.341. The Labute approximate surface area is 106 Å². The number of hydrogen-bond donors (Lipinski definition) is 2. The van der Waals surface area contributed by atoms with Gasteiger partial charge in [-0.3, -0.25) is 9.59 Å². The summed E-state index contributed by atoms with van der Waals surface area (Å²) < 4.78 is 5.59. The number of amides is 1. The van der Waals surface area contributed by atoms with Crippen molar-refractivity contribution in [2.75, 3.05) is 18.9 Å². The molecule has 0 unspecified atom stereocenters. The van der Waals surface area contributed by atoms with Crippen LogP contribution in [0.5, 0.6) is 5.75 Å². The van der Waals surface area contributed by atoms with E-state index in [4.69, 9.17) is 4.74 Å². The van der Waals surface area contributed by atoms with Crippen molar-refractivity contribution in [2.24, 2.45) is 0 Å². The van der Waals surface area contributed by atoms with Gasteiger partial charge >= 0.3 is 0 Å². The Hall–Kier alpha value is -1.88. The molecule has 0 fully saturated rings. The molecule has 2 rings (SSSR count). The van der Waals surface area contributed by atoms with E-state index >= 15 is 0 Å². The third-order valence-corrected chi connectivity index (χ3v) is 2.80. The number of likely N-dealkylation sites (N-methyl/N-ethyl adjacent to an activating group) is 1. The van der Waals surface area contributed by atoms with Gasteiger partial charge in [-0.2, -0.15) is 0 Å². The Morgan fingerprint density at radius 3 is 2.83 bits per heavy atom. The standard InChI is InChI=1S/C13H16N2O3/c1-13(2)12(17)15-9-6-8(10(16)7-14-3)4-5-11(9)18-13/h4-6,14H,7H2,1-3H3,(H,15,17). The number of ketones is 1. The Kier molecular flexibility index (Phi) is 3.09. The number of carbonyl (C=O) groups is 2. The number of hydrogen-bond acceptors (Lipinski definition) is 4. The Balaban J connectivity index is 2.32. The summed E-state index contributed by atoms with van der Waals surface area (Å²) in [5.41, 5.74) is 0.205. The largest absolute Gasteiger partial charge is 0.476 e. The second-order valence-electron chi connectivity index (χ2n) is 4.73. The molecule has 18 heavy (non-hydrogen) atoms. The normalized spacial score (nSPS) is 16.5. The molecule has 1 aromatic rings. The van der Waals surface area contributed by atoms with E-state index in [9.17, 15) is 9.59 Å². The zero-order valence-corrected chi connectivity index (χ0v) is 10.7. The van der Waals surface area contributed by atoms with Gasteiger partial charge in [-0.1, -0.05) is 0 Å². The zero-order chi connectivity index (χ0) is 13.3. The molecule has 1 aliphatic rings. The summed E-state index contributed by atoms with van der Waals surface area (Å²) in [6.45, 7) is 3.66. The van der Waals surface area contributed by atoms with Crippen molar-refractivity contribution < 1.29 is 14.3 Å². The Bertz CT molecular complexity index is 509. The monoisotopic (exact) mass is 248 g/mol. The second kappa shape index (κ2) is 4.42. The smallest absolute Gasteiger partial charge is 0.268 e. The maximum absolute atomic E-state index is 11.8. The van der Waals surface area contributed by atoms with Gasteiger partial charge in [0.25, 0.3) is 5.91 Å². The summed E-state index contributed by atoms with van der Waals surface area (Å²) in [4.78, 5) is 23.5. The van der Waals surface area contributed by atoms with E-state index in [0.29, 0.717) is 17.0 Å². The van der Waals surface area contributed by atoms with Gasteiger partial charge in [0.15, 0.2) is 11.4 Å². The van der Waals surface area contributed by atoms with Gasteiger partial charge in [0.05, 0.1) is 12.2 Å². The predicted octanol–water partition coefficient (Wildman–Crippen LogP) is 1.20. The van der Waals surface area contributed by atoms with E-state index in [1.807, 2.05) is 0 Å². The van der Waals surface area contributed by atoms with Gasteiger partial charge in [-0.15, -0.1) is 0 Å². The van der Waals surface area contributed by atoms with Crippen LogP contribution in [0.2, 0.25) is 0 Å². The number of nitrogens with one attached hydrogen (secondary N) is 2. The molecule has 1 amide bonds. The lowest BCUT2D eigenvalue weighted by Gasteiger charge is -2.31. The van der Waals surface area contributed by atoms with Gasteiger partial charge in [0.2, 0.25) is 0 Å². The average molecular weight is 248 g/mol. The third-order valence-electron chi connectivity index (χ3n) is 2.80. The van der Waals surface area contributed by atoms with E-state index < -0.39 is 5.60 Å². The van der Waals surface area contributed by atoms with Gasteiger partial charge in [-0.25, -0.2) is 0 Å². The van der Waals surface area contributed by atoms with Crippen LogP contribution >= 0.6 is 0 Å². The number of anilines is 1. The first-order chi connectivity index (χ1) is 8.44. The summed E-state index contributed by atoms with van der Waals surface area (Å²) in [7, 11) is 1.71. The van der Waals surface area contributed by atoms with Gasteiger partial charge in [-0.05, 0) is 39.1 Å². The molecule has 1 heterocycles. The topological polar surface area (TPSA) is 67.4 Å². The fraction of sp³-hybridized carbons (Fsp3) is 0.385. The highest BCUT2D eigenvalue weighted by Gasteiger charge is 2.35. The summed E-state index contributed by atoms with van der Waals surface area (Å²) >= 11 is 0. The van der Waals surface area contributed by atoms with Crippen molar-refractivity contribution in [2.45, 2.75) is 19.4 Å². The Morgan fingerprint density at radius 2 is 2.17 bits per heavy atom. The lowest BCUT2D eigenvalue weighted by atomic mass is 10.0. The highest BCUT2D eigenvalue weighted by atomic mass is 16.5. The van der Waals surface area contributed by atoms with Crippen molar-refractivity contribution >= 4 is 17.4 Å². The van der Waals surface area contributed by atoms with Crippen LogP contribution in [0.4, 0.5) is 5.69 Å². The number of Topliss-reactive ketones (excluding diaryl/α,β-unsaturated/α-hetero) is 1. The molecule has 96 valence electrons. The zero-order valence-electron chi connectivity index (χ0n) is 10.7. The van der Waals surface area contributed by atoms with Crippen LogP contribution in [-0.2, 0) is 4.79 Å². The fourth-order valence-electron chi connectivity index (χ4n) is 1.75. The third kappa shape index (κ3) is 2.22. The van der Waals surface area contributed by atoms with Crippen molar-refractivity contribution in [3.05, 3.63) is 23.8 Å². The average Bonchev–Trinajstić information content (AvgIpc) is 2.30. The van der Waals surface area contributed by atoms with Crippen LogP contribution in [0.3, 0.4) is 0 Å². The molecule has 1 aliphatic heterocycles. The molecule has 0 bridgehead atoms. The molecule has 0 saturated heterocycles. The number of rotatable bonds is 3. The molecular formula is C13H16N2O3. The van der Waals surface area contributed by atoms with Crippen LogP contribution in [0, 0.1) is 0 Å². The molecule has 0 saturated carbocycles. The first-order valence-electron chi connectivity index (χ1n) is 5.76. The minimum absolute atomic E-state index is 0.0283. The van der Waals surface area contributed by atoms with Crippen molar-refractivity contribution in [3.8, 4) is 5.75 Å². The fourth-order valence-corrected chi connectivity index (χ4v) is 1.75. The van der Waals surface area contributed by atoms with E-state index in [-0.39, 0.29) is 18.2 Å². The first-order valence-corrected chi connectivity index (χ1v) is 5.76. The highest BCUT2D eigenvalue weighted by Crippen LogP contribution is 2.34. The molecule has 0 radical (unpaired) electrons. The van der Waals surface area contributed by atoms with Crippen LogP contribution < -0.4 is 15.4 Å². The van der Waals surface area contributed by atoms with E-state index in [0.717, 1.165) is 0 Å². The van der Waals surface area contributed by atoms with Gasteiger partial charge < -0.3 is 15.4 Å². The van der Waals surface area contributed by atoms with Crippen LogP contribution in [0.1, 0.15) is 24.2 Å². The molecule has 2 N–H and O–H groups in total. The van der Waals surface area contributed by atoms with Crippen LogP contribution in [0.25, 0.3) is 0 Å². The second-order valence-corrected chi connectivity index (χ2v) is 4.73. The lowest BCUT2D eigenvalue weighted by Crippen LogP contribution is -2.45. The van der Waals surface area contributed by atoms with Gasteiger partial charge in [0.1, 0.15) is 5.75 Å². The Morgan fingerprint density at radius 1 is 1.44 bits per heavy atom. The van der Waals surface area contributed by atoms with Gasteiger partial charge in [0, 0.05) is 5.56 Å². The minimum Gasteiger partial charge on any atom is -0.476 e. The number of fused-ring (bicyclic) bond motifs is 1. The number of benzene rings is 1. The lowest BCUT2D eigenvalue weighted by molar-refractivity contribution is -0.129. The van der Waals surface area contributed by atoms with Crippen molar-refractivity contribution in [1.29, 1.82) is 0 Å². The van der Waals surface area contributed by atoms with E-state index in [1.165, 1.54) is 0 Å². The predicted molar refractivity (Wildman–Crippen MR) is 68.0 cm³/mol. The molecular weight excluding hydrogens is 232 g/mol. The molecule has 0 spiro atoms. The molecule has 1 aromatic carbocycles. The highest BCUT2D eigenvalue weighted by molar-refractivity contribution is 6.03. The van der Waals surface area contributed by atoms with Crippen LogP contribution in [-0.4, -0.2) is 30.9 Å². The maximum atomic E-state index is 11.8. The summed E-state index contributed by atoms with van der Waals surface area (Å²) in [6, 6.07) is 5.05. The minimum atomic E-state index is -0.885. The SMILES string of the molecule is CNCC(=O)c1ccc2c(c1)NC(=O)C(C)(C)O2. The number of carbonyl (C=O) groups excluding carboxylic acids is 2.